The molecule has 0 unspecified atom stereocenters. The largest absolute Gasteiger partial charge is 0.499 e. The topological polar surface area (TPSA) is 66.8 Å². The first-order chi connectivity index (χ1) is 6.79. The Morgan fingerprint density at radius 3 is 2.47 bits per heavy atom. The maximum absolute atomic E-state index is 11.5. The zero-order valence-electron chi connectivity index (χ0n) is 8.85. The van der Waals surface area contributed by atoms with E-state index < -0.39 is 18.7 Å². The number of carbonyl (C=O) groups is 1. The first-order valence-electron chi connectivity index (χ1n) is 4.47. The number of hydrogen-bond donors (Lipinski definition) is 2. The Bertz CT molecular complexity index is 353. The summed E-state index contributed by atoms with van der Waals surface area (Å²) in [6.07, 6.45) is 0. The highest BCUT2D eigenvalue weighted by molar-refractivity contribution is 7.20. The van der Waals surface area contributed by atoms with Crippen molar-refractivity contribution in [2.24, 2.45) is 0 Å². The van der Waals surface area contributed by atoms with Gasteiger partial charge in [-0.25, -0.2) is 4.79 Å². The van der Waals surface area contributed by atoms with Crippen LogP contribution in [0.1, 0.15) is 31.1 Å². The molecule has 0 radical (unpaired) electrons. The summed E-state index contributed by atoms with van der Waals surface area (Å²) in [6, 6.07) is 1.42. The fourth-order valence-corrected chi connectivity index (χ4v) is 1.68. The monoisotopic (exact) mass is 228 g/mol. The molecular weight excluding hydrogens is 215 g/mol. The lowest BCUT2D eigenvalue weighted by atomic mass is 9.89. The average molecular weight is 228 g/mol. The Morgan fingerprint density at radius 1 is 1.47 bits per heavy atom. The van der Waals surface area contributed by atoms with E-state index in [9.17, 15) is 4.79 Å². The van der Waals surface area contributed by atoms with Gasteiger partial charge in [-0.05, 0) is 26.8 Å². The minimum absolute atomic E-state index is 0.329. The van der Waals surface area contributed by atoms with Crippen molar-refractivity contribution in [3.8, 4) is 0 Å². The fourth-order valence-electron chi connectivity index (χ4n) is 0.932. The highest BCUT2D eigenvalue weighted by Gasteiger charge is 2.21. The SMILES string of the molecule is CC(C)(C)OC(=O)c1csc(B(O)O)c1. The third-order valence-electron chi connectivity index (χ3n) is 1.51. The van der Waals surface area contributed by atoms with Gasteiger partial charge in [0.25, 0.3) is 0 Å². The Labute approximate surface area is 92.7 Å². The van der Waals surface area contributed by atoms with Gasteiger partial charge in [0.1, 0.15) is 5.60 Å². The molecule has 15 heavy (non-hydrogen) atoms. The molecule has 0 aliphatic heterocycles. The zero-order valence-corrected chi connectivity index (χ0v) is 9.67. The molecule has 0 aliphatic carbocycles. The van der Waals surface area contributed by atoms with Crippen LogP contribution in [-0.4, -0.2) is 28.7 Å². The molecular formula is C9H13BO4S. The van der Waals surface area contributed by atoms with E-state index in [0.29, 0.717) is 10.3 Å². The van der Waals surface area contributed by atoms with Gasteiger partial charge in [-0.15, -0.1) is 0 Å². The molecule has 0 spiro atoms. The van der Waals surface area contributed by atoms with Crippen LogP contribution in [0.3, 0.4) is 0 Å². The molecule has 0 aliphatic rings. The number of esters is 1. The Balaban J connectivity index is 2.75. The molecule has 1 rings (SSSR count). The standard InChI is InChI=1S/C9H13BO4S/c1-9(2,3)14-8(11)6-4-7(10(12)13)15-5-6/h4-5,12-13H,1-3H3. The summed E-state index contributed by atoms with van der Waals surface area (Å²) in [5.41, 5.74) is -0.199. The van der Waals surface area contributed by atoms with Crippen molar-refractivity contribution in [2.45, 2.75) is 26.4 Å². The molecule has 0 atom stereocenters. The maximum Gasteiger partial charge on any atom is 0.499 e. The summed E-state index contributed by atoms with van der Waals surface area (Å²) in [7, 11) is -1.54. The summed E-state index contributed by atoms with van der Waals surface area (Å²) in [5.74, 6) is -0.453. The quantitative estimate of drug-likeness (QED) is 0.567. The molecule has 4 nitrogen and oxygen atoms in total. The van der Waals surface area contributed by atoms with Crippen LogP contribution < -0.4 is 4.78 Å². The number of carbonyl (C=O) groups excluding carboxylic acids is 1. The summed E-state index contributed by atoms with van der Waals surface area (Å²) in [4.78, 5) is 11.5. The van der Waals surface area contributed by atoms with Crippen molar-refractivity contribution in [1.29, 1.82) is 0 Å². The van der Waals surface area contributed by atoms with Crippen molar-refractivity contribution in [2.75, 3.05) is 0 Å². The van der Waals surface area contributed by atoms with Gasteiger partial charge in [-0.2, -0.15) is 11.3 Å². The second kappa shape index (κ2) is 4.34. The van der Waals surface area contributed by atoms with Crippen molar-refractivity contribution < 1.29 is 19.6 Å². The molecule has 1 aromatic rings. The fraction of sp³-hybridized carbons (Fsp3) is 0.444. The van der Waals surface area contributed by atoms with E-state index in [1.165, 1.54) is 6.07 Å². The van der Waals surface area contributed by atoms with Gasteiger partial charge in [0.15, 0.2) is 0 Å². The van der Waals surface area contributed by atoms with E-state index >= 15 is 0 Å². The lowest BCUT2D eigenvalue weighted by molar-refractivity contribution is 0.00702. The molecule has 0 bridgehead atoms. The van der Waals surface area contributed by atoms with Crippen molar-refractivity contribution in [1.82, 2.24) is 0 Å². The lowest BCUT2D eigenvalue weighted by Gasteiger charge is -2.18. The maximum atomic E-state index is 11.5. The van der Waals surface area contributed by atoms with Gasteiger partial charge in [0.05, 0.1) is 5.56 Å². The highest BCUT2D eigenvalue weighted by atomic mass is 32.1. The molecule has 0 aromatic carbocycles. The minimum Gasteiger partial charge on any atom is -0.456 e. The van der Waals surface area contributed by atoms with Crippen LogP contribution in [0.2, 0.25) is 0 Å². The molecule has 0 saturated heterocycles. The Kier molecular flexibility index (Phi) is 3.54. The summed E-state index contributed by atoms with van der Waals surface area (Å²) in [5, 5.41) is 19.3. The third kappa shape index (κ3) is 3.66. The molecule has 1 aromatic heterocycles. The number of ether oxygens (including phenoxy) is 1. The molecule has 2 N–H and O–H groups in total. The molecule has 1 heterocycles. The summed E-state index contributed by atoms with van der Waals surface area (Å²) < 4.78 is 5.45. The van der Waals surface area contributed by atoms with Gasteiger partial charge in [0, 0.05) is 10.2 Å². The van der Waals surface area contributed by atoms with E-state index in [1.807, 2.05) is 0 Å². The zero-order chi connectivity index (χ0) is 11.6. The Morgan fingerprint density at radius 2 is 2.07 bits per heavy atom. The van der Waals surface area contributed by atoms with Crippen LogP contribution in [0, 0.1) is 0 Å². The number of rotatable bonds is 2. The molecule has 0 amide bonds. The highest BCUT2D eigenvalue weighted by Crippen LogP contribution is 2.13. The predicted octanol–water partition coefficient (Wildman–Crippen LogP) is 0.383. The number of hydrogen-bond acceptors (Lipinski definition) is 5. The summed E-state index contributed by atoms with van der Waals surface area (Å²) >= 11 is 1.11. The van der Waals surface area contributed by atoms with Crippen LogP contribution in [0.25, 0.3) is 0 Å². The minimum atomic E-state index is -1.54. The molecule has 0 saturated carbocycles. The summed E-state index contributed by atoms with van der Waals surface area (Å²) in [6.45, 7) is 5.33. The van der Waals surface area contributed by atoms with E-state index in [2.05, 4.69) is 0 Å². The van der Waals surface area contributed by atoms with E-state index in [1.54, 1.807) is 26.2 Å². The second-order valence-electron chi connectivity index (χ2n) is 4.11. The van der Waals surface area contributed by atoms with Gasteiger partial charge in [-0.1, -0.05) is 0 Å². The van der Waals surface area contributed by atoms with E-state index in [4.69, 9.17) is 14.8 Å². The molecule has 0 fully saturated rings. The number of thiophene rings is 1. The van der Waals surface area contributed by atoms with E-state index in [-0.39, 0.29) is 0 Å². The first kappa shape index (κ1) is 12.2. The van der Waals surface area contributed by atoms with Gasteiger partial charge in [0.2, 0.25) is 0 Å². The second-order valence-corrected chi connectivity index (χ2v) is 5.06. The van der Waals surface area contributed by atoms with Gasteiger partial charge in [-0.3, -0.25) is 0 Å². The first-order valence-corrected chi connectivity index (χ1v) is 5.35. The average Bonchev–Trinajstić information content (AvgIpc) is 2.47. The molecule has 82 valence electrons. The van der Waals surface area contributed by atoms with Crippen LogP contribution in [0.4, 0.5) is 0 Å². The lowest BCUT2D eigenvalue weighted by Crippen LogP contribution is -2.27. The predicted molar refractivity (Wildman–Crippen MR) is 59.3 cm³/mol. The van der Waals surface area contributed by atoms with E-state index in [0.717, 1.165) is 11.3 Å². The normalized spacial score (nSPS) is 11.3. The van der Waals surface area contributed by atoms with Gasteiger partial charge >= 0.3 is 13.1 Å². The van der Waals surface area contributed by atoms with Crippen molar-refractivity contribution >= 4 is 29.2 Å². The van der Waals surface area contributed by atoms with Crippen molar-refractivity contribution in [3.05, 3.63) is 17.0 Å². The third-order valence-corrected chi connectivity index (χ3v) is 2.48. The van der Waals surface area contributed by atoms with Crippen LogP contribution in [-0.2, 0) is 4.74 Å². The van der Waals surface area contributed by atoms with Gasteiger partial charge < -0.3 is 14.8 Å². The van der Waals surface area contributed by atoms with Crippen LogP contribution >= 0.6 is 11.3 Å². The smallest absolute Gasteiger partial charge is 0.456 e. The van der Waals surface area contributed by atoms with Crippen molar-refractivity contribution in [3.63, 3.8) is 0 Å². The molecule has 6 heteroatoms. The Hall–Kier alpha value is -0.845. The van der Waals surface area contributed by atoms with Crippen LogP contribution in [0.15, 0.2) is 11.4 Å². The van der Waals surface area contributed by atoms with Crippen LogP contribution in [0.5, 0.6) is 0 Å².